The van der Waals surface area contributed by atoms with E-state index in [0.29, 0.717) is 0 Å². The molecule has 100 valence electrons. The van der Waals surface area contributed by atoms with Crippen LogP contribution in [0.25, 0.3) is 0 Å². The molecule has 2 rings (SSSR count). The van der Waals surface area contributed by atoms with Gasteiger partial charge in [-0.25, -0.2) is 0 Å². The Morgan fingerprint density at radius 3 is 1.94 bits per heavy atom. The SMILES string of the molecule is CN(C1CCCCC1)S(=O)(=O)N(C)C1CNC1. The molecule has 0 radical (unpaired) electrons. The Labute approximate surface area is 104 Å². The minimum absolute atomic E-state index is 0.131. The molecule has 1 aliphatic heterocycles. The molecule has 0 unspecified atom stereocenters. The average molecular weight is 261 g/mol. The van der Waals surface area contributed by atoms with Crippen LogP contribution in [-0.2, 0) is 10.2 Å². The highest BCUT2D eigenvalue weighted by Crippen LogP contribution is 2.25. The first-order valence-corrected chi connectivity index (χ1v) is 7.85. The van der Waals surface area contributed by atoms with Gasteiger partial charge in [-0.3, -0.25) is 0 Å². The Morgan fingerprint density at radius 2 is 1.47 bits per heavy atom. The van der Waals surface area contributed by atoms with Gasteiger partial charge in [0, 0.05) is 33.2 Å². The van der Waals surface area contributed by atoms with Crippen LogP contribution < -0.4 is 5.32 Å². The zero-order chi connectivity index (χ0) is 12.5. The normalized spacial score (nSPS) is 24.2. The molecule has 0 atom stereocenters. The highest BCUT2D eigenvalue weighted by atomic mass is 32.2. The molecule has 1 heterocycles. The van der Waals surface area contributed by atoms with Gasteiger partial charge in [0.15, 0.2) is 0 Å². The van der Waals surface area contributed by atoms with E-state index in [4.69, 9.17) is 0 Å². The third kappa shape index (κ3) is 2.65. The first-order chi connectivity index (χ1) is 8.03. The second-order valence-electron chi connectivity index (χ2n) is 5.14. The Kier molecular flexibility index (Phi) is 4.07. The standard InChI is InChI=1S/C11H23N3O2S/c1-13(10-6-4-3-5-7-10)17(15,16)14(2)11-8-12-9-11/h10-12H,3-9H2,1-2H3. The van der Waals surface area contributed by atoms with Gasteiger partial charge in [0.1, 0.15) is 0 Å². The minimum atomic E-state index is -3.27. The predicted molar refractivity (Wildman–Crippen MR) is 68.0 cm³/mol. The predicted octanol–water partition coefficient (Wildman–Crippen LogP) is 0.399. The molecule has 17 heavy (non-hydrogen) atoms. The monoisotopic (exact) mass is 261 g/mol. The maximum Gasteiger partial charge on any atom is 0.282 e. The summed E-state index contributed by atoms with van der Waals surface area (Å²) in [5, 5.41) is 3.11. The number of hydrogen-bond acceptors (Lipinski definition) is 3. The molecule has 0 amide bonds. The van der Waals surface area contributed by atoms with Crippen molar-refractivity contribution in [3.05, 3.63) is 0 Å². The zero-order valence-corrected chi connectivity index (χ0v) is 11.5. The summed E-state index contributed by atoms with van der Waals surface area (Å²) in [4.78, 5) is 0. The van der Waals surface area contributed by atoms with Crippen LogP contribution in [0, 0.1) is 0 Å². The highest BCUT2D eigenvalue weighted by Gasteiger charge is 2.36. The summed E-state index contributed by atoms with van der Waals surface area (Å²) in [6, 6.07) is 0.329. The summed E-state index contributed by atoms with van der Waals surface area (Å²) in [5.74, 6) is 0. The van der Waals surface area contributed by atoms with E-state index in [1.54, 1.807) is 18.4 Å². The quantitative estimate of drug-likeness (QED) is 0.797. The highest BCUT2D eigenvalue weighted by molar-refractivity contribution is 7.86. The molecule has 1 saturated carbocycles. The van der Waals surface area contributed by atoms with E-state index in [9.17, 15) is 8.42 Å². The van der Waals surface area contributed by atoms with Crippen molar-refractivity contribution in [3.63, 3.8) is 0 Å². The van der Waals surface area contributed by atoms with Gasteiger partial charge in [-0.15, -0.1) is 0 Å². The molecule has 0 aromatic heterocycles. The fourth-order valence-electron chi connectivity index (χ4n) is 2.56. The molecule has 2 fully saturated rings. The molecule has 0 spiro atoms. The maximum atomic E-state index is 12.4. The Hall–Kier alpha value is -0.170. The fraction of sp³-hybridized carbons (Fsp3) is 1.00. The lowest BCUT2D eigenvalue weighted by atomic mass is 9.96. The minimum Gasteiger partial charge on any atom is -0.313 e. The zero-order valence-electron chi connectivity index (χ0n) is 10.7. The lowest BCUT2D eigenvalue weighted by Crippen LogP contribution is -2.60. The maximum absolute atomic E-state index is 12.4. The van der Waals surface area contributed by atoms with Crippen molar-refractivity contribution in [2.45, 2.75) is 44.2 Å². The van der Waals surface area contributed by atoms with E-state index in [1.807, 2.05) is 0 Å². The first kappa shape index (κ1) is 13.3. The lowest BCUT2D eigenvalue weighted by molar-refractivity contribution is 0.229. The van der Waals surface area contributed by atoms with Gasteiger partial charge in [-0.05, 0) is 12.8 Å². The number of rotatable bonds is 4. The molecule has 2 aliphatic rings. The van der Waals surface area contributed by atoms with Gasteiger partial charge >= 0.3 is 0 Å². The first-order valence-electron chi connectivity index (χ1n) is 6.45. The molecule has 1 N–H and O–H groups in total. The van der Waals surface area contributed by atoms with Gasteiger partial charge in [0.05, 0.1) is 6.04 Å². The van der Waals surface area contributed by atoms with E-state index in [1.165, 1.54) is 10.7 Å². The molecule has 6 heteroatoms. The molecule has 0 aromatic carbocycles. The summed E-state index contributed by atoms with van der Waals surface area (Å²) in [5.41, 5.74) is 0. The summed E-state index contributed by atoms with van der Waals surface area (Å²) in [6.07, 6.45) is 5.56. The van der Waals surface area contributed by atoms with Crippen molar-refractivity contribution in [1.29, 1.82) is 0 Å². The van der Waals surface area contributed by atoms with Crippen LogP contribution in [-0.4, -0.2) is 56.3 Å². The summed E-state index contributed by atoms with van der Waals surface area (Å²) >= 11 is 0. The third-order valence-electron chi connectivity index (χ3n) is 4.09. The Morgan fingerprint density at radius 1 is 0.941 bits per heavy atom. The van der Waals surface area contributed by atoms with Gasteiger partial charge in [0.25, 0.3) is 10.2 Å². The number of likely N-dealkylation sites (N-methyl/N-ethyl adjacent to an activating group) is 1. The summed E-state index contributed by atoms with van der Waals surface area (Å²) in [6.45, 7) is 1.54. The van der Waals surface area contributed by atoms with E-state index in [-0.39, 0.29) is 12.1 Å². The van der Waals surface area contributed by atoms with E-state index in [2.05, 4.69) is 5.32 Å². The van der Waals surface area contributed by atoms with Crippen molar-refractivity contribution < 1.29 is 8.42 Å². The molecule has 1 aliphatic carbocycles. The van der Waals surface area contributed by atoms with E-state index < -0.39 is 10.2 Å². The molecule has 0 aromatic rings. The van der Waals surface area contributed by atoms with Crippen molar-refractivity contribution in [2.75, 3.05) is 27.2 Å². The number of nitrogens with zero attached hydrogens (tertiary/aromatic N) is 2. The van der Waals surface area contributed by atoms with Crippen LogP contribution in [0.15, 0.2) is 0 Å². The molecular formula is C11H23N3O2S. The van der Waals surface area contributed by atoms with Crippen LogP contribution in [0.1, 0.15) is 32.1 Å². The van der Waals surface area contributed by atoms with E-state index >= 15 is 0 Å². The largest absolute Gasteiger partial charge is 0.313 e. The molecular weight excluding hydrogens is 238 g/mol. The van der Waals surface area contributed by atoms with Crippen molar-refractivity contribution >= 4 is 10.2 Å². The second-order valence-corrected chi connectivity index (χ2v) is 7.19. The van der Waals surface area contributed by atoms with Gasteiger partial charge in [-0.2, -0.15) is 17.0 Å². The summed E-state index contributed by atoms with van der Waals surface area (Å²) in [7, 11) is 0.153. The summed E-state index contributed by atoms with van der Waals surface area (Å²) < 4.78 is 27.9. The Bertz CT molecular complexity index is 348. The van der Waals surface area contributed by atoms with Gasteiger partial charge in [-0.1, -0.05) is 19.3 Å². The van der Waals surface area contributed by atoms with Crippen molar-refractivity contribution in [1.82, 2.24) is 13.9 Å². The van der Waals surface area contributed by atoms with Gasteiger partial charge in [0.2, 0.25) is 0 Å². The molecule has 1 saturated heterocycles. The molecule has 0 bridgehead atoms. The van der Waals surface area contributed by atoms with E-state index in [0.717, 1.165) is 38.8 Å². The second kappa shape index (κ2) is 5.22. The Balaban J connectivity index is 2.02. The number of hydrogen-bond donors (Lipinski definition) is 1. The topological polar surface area (TPSA) is 52.7 Å². The van der Waals surface area contributed by atoms with Crippen molar-refractivity contribution in [3.8, 4) is 0 Å². The van der Waals surface area contributed by atoms with Gasteiger partial charge < -0.3 is 5.32 Å². The smallest absolute Gasteiger partial charge is 0.282 e. The van der Waals surface area contributed by atoms with Crippen molar-refractivity contribution in [2.24, 2.45) is 0 Å². The molecule has 5 nitrogen and oxygen atoms in total. The fourth-order valence-corrected chi connectivity index (χ4v) is 4.07. The third-order valence-corrected chi connectivity index (χ3v) is 6.14. The average Bonchev–Trinajstić information content (AvgIpc) is 2.27. The van der Waals surface area contributed by atoms with Crippen LogP contribution in [0.2, 0.25) is 0 Å². The lowest BCUT2D eigenvalue weighted by Gasteiger charge is -2.39. The van der Waals surface area contributed by atoms with Crippen LogP contribution in [0.5, 0.6) is 0 Å². The van der Waals surface area contributed by atoms with Crippen LogP contribution in [0.3, 0.4) is 0 Å². The van der Waals surface area contributed by atoms with Crippen LogP contribution >= 0.6 is 0 Å². The van der Waals surface area contributed by atoms with Crippen LogP contribution in [0.4, 0.5) is 0 Å². The number of nitrogens with one attached hydrogen (secondary N) is 1.